The lowest BCUT2D eigenvalue weighted by molar-refractivity contribution is 0.405. The fourth-order valence-corrected chi connectivity index (χ4v) is 2.87. The van der Waals surface area contributed by atoms with Crippen molar-refractivity contribution in [3.05, 3.63) is 18.3 Å². The predicted molar refractivity (Wildman–Crippen MR) is 69.6 cm³/mol. The molecule has 0 radical (unpaired) electrons. The zero-order valence-corrected chi connectivity index (χ0v) is 11.1. The first-order valence-corrected chi connectivity index (χ1v) is 6.80. The summed E-state index contributed by atoms with van der Waals surface area (Å²) in [5, 5.41) is 0.993. The van der Waals surface area contributed by atoms with Crippen molar-refractivity contribution in [2.45, 2.75) is 25.3 Å². The molecule has 0 amide bonds. The van der Waals surface area contributed by atoms with Crippen molar-refractivity contribution in [3.8, 4) is 5.75 Å². The third-order valence-corrected chi connectivity index (χ3v) is 3.80. The maximum absolute atomic E-state index is 5.37. The number of nitrogens with zero attached hydrogens (tertiary/aromatic N) is 2. The van der Waals surface area contributed by atoms with Gasteiger partial charge in [-0.2, -0.15) is 0 Å². The number of hydrogen-bond acceptors (Lipinski definition) is 3. The lowest BCUT2D eigenvalue weighted by Crippen LogP contribution is -2.41. The van der Waals surface area contributed by atoms with Crippen LogP contribution in [-0.2, 0) is 0 Å². The Morgan fingerprint density at radius 2 is 2.44 bits per heavy atom. The average molecular weight is 285 g/mol. The second kappa shape index (κ2) is 5.53. The Kier molecular flexibility index (Phi) is 4.04. The Labute approximate surface area is 105 Å². The molecule has 1 atom stereocenters. The van der Waals surface area contributed by atoms with Gasteiger partial charge in [-0.15, -0.1) is 0 Å². The molecule has 1 unspecified atom stereocenters. The van der Waals surface area contributed by atoms with Gasteiger partial charge in [-0.1, -0.05) is 15.9 Å². The molecule has 1 aromatic heterocycles. The summed E-state index contributed by atoms with van der Waals surface area (Å²) in [5.41, 5.74) is 0. The minimum Gasteiger partial charge on any atom is -0.493 e. The first kappa shape index (κ1) is 11.7. The summed E-state index contributed by atoms with van der Waals surface area (Å²) < 4.78 is 5.37. The number of piperidine rings is 1. The molecule has 1 saturated heterocycles. The van der Waals surface area contributed by atoms with E-state index in [-0.39, 0.29) is 0 Å². The molecular weight excluding hydrogens is 268 g/mol. The van der Waals surface area contributed by atoms with Crippen molar-refractivity contribution in [1.29, 1.82) is 0 Å². The van der Waals surface area contributed by atoms with Crippen molar-refractivity contribution in [1.82, 2.24) is 4.98 Å². The van der Waals surface area contributed by atoms with Crippen LogP contribution >= 0.6 is 15.9 Å². The Bertz CT molecular complexity index is 346. The molecular formula is C12H17BrN2O. The summed E-state index contributed by atoms with van der Waals surface area (Å²) in [7, 11) is 1.70. The first-order chi connectivity index (χ1) is 7.86. The highest BCUT2D eigenvalue weighted by Crippen LogP contribution is 2.30. The van der Waals surface area contributed by atoms with Crippen LogP contribution in [0, 0.1) is 0 Å². The minimum atomic E-state index is 0.539. The number of halogens is 1. The van der Waals surface area contributed by atoms with Crippen LogP contribution in [0.15, 0.2) is 18.3 Å². The van der Waals surface area contributed by atoms with Crippen molar-refractivity contribution >= 4 is 21.7 Å². The Morgan fingerprint density at radius 3 is 3.19 bits per heavy atom. The number of methoxy groups -OCH3 is 1. The van der Waals surface area contributed by atoms with Gasteiger partial charge in [0, 0.05) is 24.1 Å². The number of rotatable bonds is 3. The monoisotopic (exact) mass is 284 g/mol. The van der Waals surface area contributed by atoms with Gasteiger partial charge in [0.15, 0.2) is 11.6 Å². The van der Waals surface area contributed by atoms with Crippen molar-refractivity contribution in [2.24, 2.45) is 0 Å². The fourth-order valence-electron chi connectivity index (χ4n) is 2.20. The normalized spacial score (nSPS) is 20.9. The zero-order chi connectivity index (χ0) is 11.4. The Morgan fingerprint density at radius 1 is 1.56 bits per heavy atom. The lowest BCUT2D eigenvalue weighted by atomic mass is 10.0. The molecule has 1 aliphatic rings. The molecule has 16 heavy (non-hydrogen) atoms. The van der Waals surface area contributed by atoms with Gasteiger partial charge in [0.2, 0.25) is 0 Å². The minimum absolute atomic E-state index is 0.539. The average Bonchev–Trinajstić information content (AvgIpc) is 2.38. The molecule has 2 rings (SSSR count). The van der Waals surface area contributed by atoms with Crippen molar-refractivity contribution in [3.63, 3.8) is 0 Å². The highest BCUT2D eigenvalue weighted by Gasteiger charge is 2.24. The van der Waals surface area contributed by atoms with E-state index in [1.54, 1.807) is 7.11 Å². The van der Waals surface area contributed by atoms with Crippen LogP contribution in [0.5, 0.6) is 5.75 Å². The van der Waals surface area contributed by atoms with Gasteiger partial charge in [-0.05, 0) is 31.4 Å². The van der Waals surface area contributed by atoms with E-state index in [1.807, 2.05) is 18.3 Å². The summed E-state index contributed by atoms with van der Waals surface area (Å²) in [6, 6.07) is 4.43. The Balaban J connectivity index is 2.26. The lowest BCUT2D eigenvalue weighted by Gasteiger charge is -2.36. The van der Waals surface area contributed by atoms with E-state index in [0.717, 1.165) is 23.4 Å². The van der Waals surface area contributed by atoms with Crippen LogP contribution in [0.2, 0.25) is 0 Å². The summed E-state index contributed by atoms with van der Waals surface area (Å²) in [6.07, 6.45) is 5.61. The van der Waals surface area contributed by atoms with Gasteiger partial charge in [-0.3, -0.25) is 0 Å². The van der Waals surface area contributed by atoms with E-state index in [2.05, 4.69) is 25.8 Å². The molecule has 0 N–H and O–H groups in total. The van der Waals surface area contributed by atoms with Crippen LogP contribution in [-0.4, -0.2) is 30.0 Å². The van der Waals surface area contributed by atoms with E-state index in [4.69, 9.17) is 4.74 Å². The van der Waals surface area contributed by atoms with E-state index in [1.165, 1.54) is 19.3 Å². The van der Waals surface area contributed by atoms with Crippen molar-refractivity contribution < 1.29 is 4.74 Å². The second-order valence-corrected chi connectivity index (χ2v) is 4.67. The quantitative estimate of drug-likeness (QED) is 0.798. The van der Waals surface area contributed by atoms with Gasteiger partial charge in [0.05, 0.1) is 7.11 Å². The molecule has 0 spiro atoms. The summed E-state index contributed by atoms with van der Waals surface area (Å²) in [6.45, 7) is 1.07. The molecule has 4 heteroatoms. The number of aromatic nitrogens is 1. The smallest absolute Gasteiger partial charge is 0.171 e. The number of ether oxygens (including phenoxy) is 1. The molecule has 0 aromatic carbocycles. The van der Waals surface area contributed by atoms with Crippen LogP contribution in [0.4, 0.5) is 5.82 Å². The molecule has 1 aliphatic heterocycles. The highest BCUT2D eigenvalue weighted by atomic mass is 79.9. The number of anilines is 1. The molecule has 0 aliphatic carbocycles. The third kappa shape index (κ3) is 2.32. The van der Waals surface area contributed by atoms with Crippen molar-refractivity contribution in [2.75, 3.05) is 23.9 Å². The maximum Gasteiger partial charge on any atom is 0.171 e. The standard InChI is InChI=1S/C12H17BrN2O/c1-16-11-6-4-7-14-12(11)15-8-3-2-5-10(15)9-13/h4,6-7,10H,2-3,5,8-9H2,1H3. The molecule has 1 aromatic rings. The molecule has 88 valence electrons. The topological polar surface area (TPSA) is 25.4 Å². The molecule has 2 heterocycles. The number of hydrogen-bond donors (Lipinski definition) is 0. The first-order valence-electron chi connectivity index (χ1n) is 5.68. The predicted octanol–water partition coefficient (Wildman–Crippen LogP) is 2.84. The SMILES string of the molecule is COc1cccnc1N1CCCCC1CBr. The number of pyridine rings is 1. The molecule has 0 saturated carbocycles. The summed E-state index contributed by atoms with van der Waals surface area (Å²) in [5.74, 6) is 1.85. The maximum atomic E-state index is 5.37. The van der Waals surface area contributed by atoms with Gasteiger partial charge >= 0.3 is 0 Å². The van der Waals surface area contributed by atoms with Crippen LogP contribution < -0.4 is 9.64 Å². The van der Waals surface area contributed by atoms with Gasteiger partial charge in [0.1, 0.15) is 0 Å². The van der Waals surface area contributed by atoms with E-state index >= 15 is 0 Å². The van der Waals surface area contributed by atoms with Crippen LogP contribution in [0.1, 0.15) is 19.3 Å². The second-order valence-electron chi connectivity index (χ2n) is 4.03. The van der Waals surface area contributed by atoms with E-state index < -0.39 is 0 Å². The third-order valence-electron chi connectivity index (χ3n) is 3.05. The van der Waals surface area contributed by atoms with Crippen LogP contribution in [0.25, 0.3) is 0 Å². The van der Waals surface area contributed by atoms with E-state index in [9.17, 15) is 0 Å². The Hall–Kier alpha value is -0.770. The number of alkyl halides is 1. The fraction of sp³-hybridized carbons (Fsp3) is 0.583. The van der Waals surface area contributed by atoms with Crippen LogP contribution in [0.3, 0.4) is 0 Å². The summed E-state index contributed by atoms with van der Waals surface area (Å²) >= 11 is 3.58. The molecule has 0 bridgehead atoms. The zero-order valence-electron chi connectivity index (χ0n) is 9.53. The molecule has 1 fully saturated rings. The largest absolute Gasteiger partial charge is 0.493 e. The summed E-state index contributed by atoms with van der Waals surface area (Å²) in [4.78, 5) is 6.81. The highest BCUT2D eigenvalue weighted by molar-refractivity contribution is 9.09. The van der Waals surface area contributed by atoms with E-state index in [0.29, 0.717) is 6.04 Å². The van der Waals surface area contributed by atoms with Gasteiger partial charge in [-0.25, -0.2) is 4.98 Å². The molecule has 3 nitrogen and oxygen atoms in total. The van der Waals surface area contributed by atoms with Gasteiger partial charge in [0.25, 0.3) is 0 Å². The van der Waals surface area contributed by atoms with Gasteiger partial charge < -0.3 is 9.64 Å².